The van der Waals surface area contributed by atoms with Crippen LogP contribution in [0.2, 0.25) is 0 Å². The van der Waals surface area contributed by atoms with Gasteiger partial charge in [-0.05, 0) is 35.2 Å². The van der Waals surface area contributed by atoms with Crippen molar-refractivity contribution in [1.29, 1.82) is 0 Å². The SMILES string of the molecule is ON=C(c1ccccc1)C12C3[C@H]4[C@H]1C1[C@@H]2[C@H]3C4(Br)C12OCCO2. The lowest BCUT2D eigenvalue weighted by Crippen LogP contribution is -2.94. The molecule has 1 heterocycles. The van der Waals surface area contributed by atoms with Crippen LogP contribution in [0.5, 0.6) is 0 Å². The number of oxime groups is 1. The van der Waals surface area contributed by atoms with Crippen molar-refractivity contribution in [3.8, 4) is 0 Å². The van der Waals surface area contributed by atoms with E-state index in [0.717, 1.165) is 11.3 Å². The van der Waals surface area contributed by atoms with E-state index in [1.807, 2.05) is 18.2 Å². The van der Waals surface area contributed by atoms with Crippen molar-refractivity contribution in [3.63, 3.8) is 0 Å². The molecular formula is C18H16BrNO3. The van der Waals surface area contributed by atoms with Gasteiger partial charge < -0.3 is 14.7 Å². The second-order valence-corrected chi connectivity index (χ2v) is 9.35. The molecule has 0 aromatic heterocycles. The summed E-state index contributed by atoms with van der Waals surface area (Å²) in [6.07, 6.45) is 0. The second-order valence-electron chi connectivity index (χ2n) is 8.03. The summed E-state index contributed by atoms with van der Waals surface area (Å²) in [4.78, 5) is 0. The van der Waals surface area contributed by atoms with Gasteiger partial charge in [-0.25, -0.2) is 0 Å². The molecule has 118 valence electrons. The molecule has 1 spiro atoms. The average Bonchev–Trinajstić information content (AvgIpc) is 3.11. The lowest BCUT2D eigenvalue weighted by molar-refractivity contribution is -0.404. The maximum Gasteiger partial charge on any atom is 0.187 e. The molecule has 5 heteroatoms. The summed E-state index contributed by atoms with van der Waals surface area (Å²) in [5.41, 5.74) is 2.06. The van der Waals surface area contributed by atoms with Crippen molar-refractivity contribution >= 4 is 21.6 Å². The first-order valence-corrected chi connectivity index (χ1v) is 9.28. The molecule has 7 aliphatic rings. The molecule has 0 radical (unpaired) electrons. The van der Waals surface area contributed by atoms with Crippen molar-refractivity contribution < 1.29 is 14.7 Å². The third-order valence-corrected chi connectivity index (χ3v) is 9.80. The fourth-order valence-electron chi connectivity index (χ4n) is 8.08. The molecule has 7 fully saturated rings. The van der Waals surface area contributed by atoms with Crippen LogP contribution in [0.15, 0.2) is 35.5 Å². The van der Waals surface area contributed by atoms with E-state index < -0.39 is 5.79 Å². The fourth-order valence-corrected chi connectivity index (χ4v) is 9.71. The molecule has 2 bridgehead atoms. The second kappa shape index (κ2) is 3.26. The van der Waals surface area contributed by atoms with Gasteiger partial charge in [-0.1, -0.05) is 51.4 Å². The van der Waals surface area contributed by atoms with E-state index in [-0.39, 0.29) is 9.74 Å². The summed E-state index contributed by atoms with van der Waals surface area (Å²) >= 11 is 4.07. The highest BCUT2D eigenvalue weighted by atomic mass is 79.9. The highest BCUT2D eigenvalue weighted by Gasteiger charge is 3.09. The first-order chi connectivity index (χ1) is 11.2. The number of alkyl halides is 1. The number of hydrogen-bond donors (Lipinski definition) is 1. The Hall–Kier alpha value is -0.910. The average molecular weight is 374 g/mol. The molecule has 4 atom stereocenters. The summed E-state index contributed by atoms with van der Waals surface area (Å²) in [5.74, 6) is 3.07. The molecule has 4 nitrogen and oxygen atoms in total. The quantitative estimate of drug-likeness (QED) is 0.375. The molecule has 6 saturated carbocycles. The molecule has 23 heavy (non-hydrogen) atoms. The summed E-state index contributed by atoms with van der Waals surface area (Å²) in [5, 5.41) is 13.6. The van der Waals surface area contributed by atoms with Crippen molar-refractivity contribution in [2.45, 2.75) is 10.1 Å². The molecular weight excluding hydrogens is 358 g/mol. The molecule has 1 aliphatic heterocycles. The van der Waals surface area contributed by atoms with Crippen LogP contribution >= 0.6 is 15.9 Å². The topological polar surface area (TPSA) is 51.1 Å². The van der Waals surface area contributed by atoms with Gasteiger partial charge in [0, 0.05) is 11.3 Å². The zero-order valence-corrected chi connectivity index (χ0v) is 13.9. The van der Waals surface area contributed by atoms with E-state index >= 15 is 0 Å². The third kappa shape index (κ3) is 0.815. The number of halogens is 1. The smallest absolute Gasteiger partial charge is 0.187 e. The molecule has 1 aromatic rings. The highest BCUT2D eigenvalue weighted by Crippen LogP contribution is 3.05. The van der Waals surface area contributed by atoms with Crippen LogP contribution in [-0.2, 0) is 9.47 Å². The van der Waals surface area contributed by atoms with Gasteiger partial charge in [0.25, 0.3) is 0 Å². The van der Waals surface area contributed by atoms with Crippen molar-refractivity contribution in [1.82, 2.24) is 0 Å². The predicted octanol–water partition coefficient (Wildman–Crippen LogP) is 2.49. The Kier molecular flexibility index (Phi) is 1.77. The van der Waals surface area contributed by atoms with Crippen LogP contribution in [0, 0.1) is 40.9 Å². The number of rotatable bonds is 2. The van der Waals surface area contributed by atoms with Crippen molar-refractivity contribution in [3.05, 3.63) is 35.9 Å². The van der Waals surface area contributed by atoms with Gasteiger partial charge in [0.2, 0.25) is 0 Å². The van der Waals surface area contributed by atoms with Crippen LogP contribution in [0.25, 0.3) is 0 Å². The van der Waals surface area contributed by atoms with E-state index in [0.29, 0.717) is 48.7 Å². The summed E-state index contributed by atoms with van der Waals surface area (Å²) in [6, 6.07) is 10.2. The van der Waals surface area contributed by atoms with Gasteiger partial charge in [-0.15, -0.1) is 0 Å². The first kappa shape index (κ1) is 12.5. The van der Waals surface area contributed by atoms with Crippen LogP contribution in [0.1, 0.15) is 5.56 Å². The minimum atomic E-state index is -0.397. The van der Waals surface area contributed by atoms with E-state index in [4.69, 9.17) is 9.47 Å². The Morgan fingerprint density at radius 3 is 2.22 bits per heavy atom. The zero-order valence-electron chi connectivity index (χ0n) is 12.4. The van der Waals surface area contributed by atoms with E-state index in [1.165, 1.54) is 0 Å². The van der Waals surface area contributed by atoms with Crippen molar-refractivity contribution in [2.75, 3.05) is 13.2 Å². The van der Waals surface area contributed by atoms with Crippen molar-refractivity contribution in [2.24, 2.45) is 46.1 Å². The minimum Gasteiger partial charge on any atom is -0.411 e. The maximum absolute atomic E-state index is 9.81. The summed E-state index contributed by atoms with van der Waals surface area (Å²) < 4.78 is 12.4. The van der Waals surface area contributed by atoms with Crippen LogP contribution in [-0.4, -0.2) is 34.2 Å². The van der Waals surface area contributed by atoms with Gasteiger partial charge in [0.05, 0.1) is 23.2 Å². The van der Waals surface area contributed by atoms with Crippen LogP contribution in [0.3, 0.4) is 0 Å². The Labute approximate surface area is 142 Å². The monoisotopic (exact) mass is 373 g/mol. The predicted molar refractivity (Wildman–Crippen MR) is 84.4 cm³/mol. The van der Waals surface area contributed by atoms with E-state index in [9.17, 15) is 5.21 Å². The number of nitrogens with zero attached hydrogens (tertiary/aromatic N) is 1. The Balaban J connectivity index is 1.37. The summed E-state index contributed by atoms with van der Waals surface area (Å²) in [6.45, 7) is 1.42. The Bertz CT molecular complexity index is 767. The van der Waals surface area contributed by atoms with Gasteiger partial charge in [-0.2, -0.15) is 0 Å². The molecule has 8 rings (SSSR count). The van der Waals surface area contributed by atoms with Crippen LogP contribution < -0.4 is 0 Å². The number of benzene rings is 1. The van der Waals surface area contributed by atoms with E-state index in [1.54, 1.807) is 0 Å². The third-order valence-electron chi connectivity index (χ3n) is 8.19. The lowest BCUT2D eigenvalue weighted by atomic mass is 9.12. The maximum atomic E-state index is 9.81. The molecule has 1 N–H and O–H groups in total. The lowest BCUT2D eigenvalue weighted by Gasteiger charge is -2.91. The zero-order chi connectivity index (χ0) is 15.2. The molecule has 1 aromatic carbocycles. The Morgan fingerprint density at radius 1 is 1.00 bits per heavy atom. The highest BCUT2D eigenvalue weighted by molar-refractivity contribution is 9.10. The largest absolute Gasteiger partial charge is 0.411 e. The number of hydrogen-bond acceptors (Lipinski definition) is 4. The first-order valence-electron chi connectivity index (χ1n) is 8.49. The molecule has 0 amide bonds. The fraction of sp³-hybridized carbons (Fsp3) is 0.611. The van der Waals surface area contributed by atoms with E-state index in [2.05, 4.69) is 33.2 Å². The van der Waals surface area contributed by atoms with Gasteiger partial charge in [0.1, 0.15) is 0 Å². The number of ether oxygens (including phenoxy) is 2. The van der Waals surface area contributed by atoms with Gasteiger partial charge in [0.15, 0.2) is 5.79 Å². The molecule has 1 saturated heterocycles. The normalized spacial score (nSPS) is 58.2. The van der Waals surface area contributed by atoms with Crippen LogP contribution in [0.4, 0.5) is 0 Å². The molecule has 0 unspecified atom stereocenters. The summed E-state index contributed by atoms with van der Waals surface area (Å²) in [7, 11) is 0. The molecule has 6 aliphatic carbocycles. The van der Waals surface area contributed by atoms with Gasteiger partial charge >= 0.3 is 0 Å². The standard InChI is InChI=1S/C18H16BrNO3/c19-17-12-9-13(17)11-14(18(17)22-6-7-23-18)10(12)16(9,11)15(20-21)8-4-2-1-3-5-8/h1-5,9-14,21H,6-7H2/t9?,10-,11-,12-,13-,14?,16?,17?/m0/s1. The Morgan fingerprint density at radius 2 is 1.61 bits per heavy atom. The van der Waals surface area contributed by atoms with Gasteiger partial charge in [-0.3, -0.25) is 0 Å². The minimum absolute atomic E-state index is 0.0279.